The lowest BCUT2D eigenvalue weighted by atomic mass is 9.83. The van der Waals surface area contributed by atoms with Gasteiger partial charge in [0, 0.05) is 6.61 Å². The van der Waals surface area contributed by atoms with Gasteiger partial charge in [-0.25, -0.2) is 0 Å². The number of ether oxygens (including phenoxy) is 1. The van der Waals surface area contributed by atoms with Crippen molar-refractivity contribution in [2.45, 2.75) is 50.7 Å². The van der Waals surface area contributed by atoms with Crippen LogP contribution in [0.2, 0.25) is 0 Å². The minimum atomic E-state index is -0.0253. The summed E-state index contributed by atoms with van der Waals surface area (Å²) in [4.78, 5) is 0. The Hall–Kier alpha value is -0.0800. The van der Waals surface area contributed by atoms with Gasteiger partial charge < -0.3 is 9.84 Å². The Morgan fingerprint density at radius 2 is 1.75 bits per heavy atom. The molecule has 0 aromatic heterocycles. The van der Waals surface area contributed by atoms with Crippen molar-refractivity contribution in [2.24, 2.45) is 5.92 Å². The van der Waals surface area contributed by atoms with Crippen LogP contribution in [0.3, 0.4) is 0 Å². The van der Waals surface area contributed by atoms with E-state index in [1.165, 1.54) is 25.7 Å². The molecule has 1 aliphatic carbocycles. The molecule has 70 valence electrons. The predicted octanol–water partition coefficient (Wildman–Crippen LogP) is 1.72. The van der Waals surface area contributed by atoms with Crippen LogP contribution in [0.15, 0.2) is 0 Å². The molecular weight excluding hydrogens is 152 g/mol. The van der Waals surface area contributed by atoms with Crippen LogP contribution in [-0.2, 0) is 4.74 Å². The molecular formula is C10H18O2. The smallest absolute Gasteiger partial charge is 0.0604 e. The molecule has 0 aromatic carbocycles. The van der Waals surface area contributed by atoms with Gasteiger partial charge in [0.1, 0.15) is 0 Å². The molecule has 2 rings (SSSR count). The lowest BCUT2D eigenvalue weighted by Crippen LogP contribution is -2.27. The van der Waals surface area contributed by atoms with Crippen LogP contribution in [-0.4, -0.2) is 23.9 Å². The maximum atomic E-state index is 9.33. The summed E-state index contributed by atoms with van der Waals surface area (Å²) < 4.78 is 5.65. The summed E-state index contributed by atoms with van der Waals surface area (Å²) in [7, 11) is 0. The van der Waals surface area contributed by atoms with Crippen molar-refractivity contribution in [2.75, 3.05) is 6.61 Å². The zero-order valence-corrected chi connectivity index (χ0v) is 7.54. The van der Waals surface area contributed by atoms with Gasteiger partial charge in [-0.2, -0.15) is 0 Å². The second-order valence-corrected chi connectivity index (χ2v) is 4.12. The minimum absolute atomic E-state index is 0.0253. The van der Waals surface area contributed by atoms with Crippen LogP contribution < -0.4 is 0 Å². The summed E-state index contributed by atoms with van der Waals surface area (Å²) in [5.74, 6) is 0.746. The predicted molar refractivity (Wildman–Crippen MR) is 46.9 cm³/mol. The second-order valence-electron chi connectivity index (χ2n) is 4.12. The highest BCUT2D eigenvalue weighted by molar-refractivity contribution is 4.80. The topological polar surface area (TPSA) is 29.5 Å². The molecule has 2 fully saturated rings. The minimum Gasteiger partial charge on any atom is -0.393 e. The number of aliphatic hydroxyl groups is 1. The third kappa shape index (κ3) is 1.80. The van der Waals surface area contributed by atoms with Gasteiger partial charge in [-0.3, -0.25) is 0 Å². The van der Waals surface area contributed by atoms with E-state index >= 15 is 0 Å². The van der Waals surface area contributed by atoms with Crippen molar-refractivity contribution in [3.8, 4) is 0 Å². The molecule has 1 saturated carbocycles. The molecule has 1 heterocycles. The fourth-order valence-electron chi connectivity index (χ4n) is 2.45. The van der Waals surface area contributed by atoms with E-state index in [9.17, 15) is 5.11 Å². The highest BCUT2D eigenvalue weighted by atomic mass is 16.5. The lowest BCUT2D eigenvalue weighted by molar-refractivity contribution is 0.0215. The van der Waals surface area contributed by atoms with E-state index < -0.39 is 0 Å². The number of rotatable bonds is 1. The molecule has 2 heteroatoms. The molecule has 1 aliphatic heterocycles. The van der Waals surface area contributed by atoms with E-state index in [2.05, 4.69) is 0 Å². The fraction of sp³-hybridized carbons (Fsp3) is 1.00. The maximum absolute atomic E-state index is 9.33. The van der Waals surface area contributed by atoms with Gasteiger partial charge in [0.25, 0.3) is 0 Å². The summed E-state index contributed by atoms with van der Waals surface area (Å²) in [5.41, 5.74) is 0. The zero-order valence-electron chi connectivity index (χ0n) is 7.54. The van der Waals surface area contributed by atoms with Crippen molar-refractivity contribution < 1.29 is 9.84 Å². The van der Waals surface area contributed by atoms with Gasteiger partial charge in [0.2, 0.25) is 0 Å². The molecule has 2 nitrogen and oxygen atoms in total. The quantitative estimate of drug-likeness (QED) is 0.649. The van der Waals surface area contributed by atoms with Crippen molar-refractivity contribution in [1.82, 2.24) is 0 Å². The second kappa shape index (κ2) is 3.75. The van der Waals surface area contributed by atoms with E-state index in [1.54, 1.807) is 0 Å². The van der Waals surface area contributed by atoms with E-state index in [0.29, 0.717) is 6.10 Å². The van der Waals surface area contributed by atoms with Gasteiger partial charge in [0.05, 0.1) is 12.2 Å². The lowest BCUT2D eigenvalue weighted by Gasteiger charge is -2.29. The van der Waals surface area contributed by atoms with E-state index in [-0.39, 0.29) is 6.10 Å². The largest absolute Gasteiger partial charge is 0.393 e. The van der Waals surface area contributed by atoms with Crippen molar-refractivity contribution in [3.05, 3.63) is 0 Å². The number of aliphatic hydroxyl groups excluding tert-OH is 1. The first-order chi connectivity index (χ1) is 5.86. The third-order valence-electron chi connectivity index (χ3n) is 3.23. The van der Waals surface area contributed by atoms with Crippen LogP contribution in [0.25, 0.3) is 0 Å². The first-order valence-corrected chi connectivity index (χ1v) is 5.16. The molecule has 0 bridgehead atoms. The Morgan fingerprint density at radius 3 is 2.33 bits per heavy atom. The van der Waals surface area contributed by atoms with Gasteiger partial charge >= 0.3 is 0 Å². The highest BCUT2D eigenvalue weighted by Crippen LogP contribution is 2.32. The van der Waals surface area contributed by atoms with Crippen LogP contribution in [0, 0.1) is 5.92 Å². The molecule has 1 N–H and O–H groups in total. The van der Waals surface area contributed by atoms with Crippen LogP contribution in [0.1, 0.15) is 38.5 Å². The molecule has 0 radical (unpaired) electrons. The fourth-order valence-corrected chi connectivity index (χ4v) is 2.45. The average Bonchev–Trinajstić information content (AvgIpc) is 2.58. The Kier molecular flexibility index (Phi) is 2.66. The van der Waals surface area contributed by atoms with Crippen LogP contribution >= 0.6 is 0 Å². The molecule has 1 saturated heterocycles. The van der Waals surface area contributed by atoms with Gasteiger partial charge in [-0.15, -0.1) is 0 Å². The third-order valence-corrected chi connectivity index (χ3v) is 3.23. The first kappa shape index (κ1) is 8.52. The average molecular weight is 170 g/mol. The Morgan fingerprint density at radius 1 is 1.00 bits per heavy atom. The molecule has 2 aliphatic rings. The highest BCUT2D eigenvalue weighted by Gasteiger charge is 2.29. The maximum Gasteiger partial charge on any atom is 0.0604 e. The molecule has 1 atom stereocenters. The van der Waals surface area contributed by atoms with Gasteiger partial charge in [-0.05, 0) is 44.4 Å². The van der Waals surface area contributed by atoms with Gasteiger partial charge in [-0.1, -0.05) is 0 Å². The SMILES string of the molecule is OC1CCC(C2CCCO2)CC1. The number of hydrogen-bond donors (Lipinski definition) is 1. The van der Waals surface area contributed by atoms with E-state index in [0.717, 1.165) is 25.4 Å². The molecule has 12 heavy (non-hydrogen) atoms. The van der Waals surface area contributed by atoms with Crippen molar-refractivity contribution in [1.29, 1.82) is 0 Å². The normalized spacial score (nSPS) is 43.2. The number of hydrogen-bond acceptors (Lipinski definition) is 2. The van der Waals surface area contributed by atoms with Crippen molar-refractivity contribution >= 4 is 0 Å². The zero-order chi connectivity index (χ0) is 8.39. The van der Waals surface area contributed by atoms with Crippen LogP contribution in [0.4, 0.5) is 0 Å². The van der Waals surface area contributed by atoms with Crippen LogP contribution in [0.5, 0.6) is 0 Å². The molecule has 0 amide bonds. The summed E-state index contributed by atoms with van der Waals surface area (Å²) in [6.45, 7) is 0.962. The Balaban J connectivity index is 1.80. The van der Waals surface area contributed by atoms with E-state index in [4.69, 9.17) is 4.74 Å². The molecule has 1 unspecified atom stereocenters. The summed E-state index contributed by atoms with van der Waals surface area (Å²) in [6, 6.07) is 0. The summed E-state index contributed by atoms with van der Waals surface area (Å²) in [5, 5.41) is 9.33. The first-order valence-electron chi connectivity index (χ1n) is 5.16. The summed E-state index contributed by atoms with van der Waals surface area (Å²) >= 11 is 0. The van der Waals surface area contributed by atoms with E-state index in [1.807, 2.05) is 0 Å². The van der Waals surface area contributed by atoms with Crippen molar-refractivity contribution in [3.63, 3.8) is 0 Å². The summed E-state index contributed by atoms with van der Waals surface area (Å²) in [6.07, 6.45) is 7.32. The Labute approximate surface area is 73.9 Å². The molecule has 0 spiro atoms. The molecule has 0 aromatic rings. The monoisotopic (exact) mass is 170 g/mol. The Bertz CT molecular complexity index is 133. The van der Waals surface area contributed by atoms with Gasteiger partial charge in [0.15, 0.2) is 0 Å². The standard InChI is InChI=1S/C10H18O2/c11-9-5-3-8(4-6-9)10-2-1-7-12-10/h8-11H,1-7H2.